The number of furan rings is 1. The Bertz CT molecular complexity index is 882. The van der Waals surface area contributed by atoms with E-state index < -0.39 is 5.97 Å². The van der Waals surface area contributed by atoms with Crippen molar-refractivity contribution in [3.05, 3.63) is 71.9 Å². The van der Waals surface area contributed by atoms with E-state index in [9.17, 15) is 9.59 Å². The summed E-state index contributed by atoms with van der Waals surface area (Å²) in [5.74, 6) is -0.464. The Morgan fingerprint density at radius 3 is 2.73 bits per heavy atom. The lowest BCUT2D eigenvalue weighted by molar-refractivity contribution is -0.145. The lowest BCUT2D eigenvalue weighted by Crippen LogP contribution is -2.05. The van der Waals surface area contributed by atoms with Gasteiger partial charge in [-0.1, -0.05) is 18.2 Å². The van der Waals surface area contributed by atoms with Crippen LogP contribution in [-0.2, 0) is 27.3 Å². The highest BCUT2D eigenvalue weighted by Gasteiger charge is 2.12. The van der Waals surface area contributed by atoms with Gasteiger partial charge in [-0.25, -0.2) is 9.48 Å². The second-order valence-corrected chi connectivity index (χ2v) is 5.55. The molecule has 7 nitrogen and oxygen atoms in total. The molecule has 0 aliphatic heterocycles. The molecule has 0 saturated heterocycles. The molecule has 0 aliphatic carbocycles. The number of rotatable bonds is 7. The zero-order valence-corrected chi connectivity index (χ0v) is 14.3. The van der Waals surface area contributed by atoms with Crippen LogP contribution in [0.15, 0.2) is 59.3 Å². The molecule has 0 fully saturated rings. The number of methoxy groups -OCH3 is 1. The lowest BCUT2D eigenvalue weighted by Gasteiger charge is -2.02. The predicted octanol–water partition coefficient (Wildman–Crippen LogP) is 2.93. The molecule has 0 bridgehead atoms. The second-order valence-electron chi connectivity index (χ2n) is 5.55. The third-order valence-corrected chi connectivity index (χ3v) is 3.70. The van der Waals surface area contributed by atoms with Crippen LogP contribution in [0.3, 0.4) is 0 Å². The molecule has 0 N–H and O–H groups in total. The number of para-hydroxylation sites is 1. The SMILES string of the molecule is COC(=O)c1ccc(COC(=O)CCc2cnn(-c3ccccc3)c2)o1. The summed E-state index contributed by atoms with van der Waals surface area (Å²) < 4.78 is 16.7. The summed E-state index contributed by atoms with van der Waals surface area (Å²) >= 11 is 0. The Morgan fingerprint density at radius 1 is 1.15 bits per heavy atom. The average molecular weight is 354 g/mol. The molecule has 26 heavy (non-hydrogen) atoms. The third-order valence-electron chi connectivity index (χ3n) is 3.70. The molecule has 0 unspecified atom stereocenters. The number of ether oxygens (including phenoxy) is 2. The van der Waals surface area contributed by atoms with Crippen molar-refractivity contribution in [1.82, 2.24) is 9.78 Å². The van der Waals surface area contributed by atoms with Crippen LogP contribution >= 0.6 is 0 Å². The van der Waals surface area contributed by atoms with Crippen molar-refractivity contribution in [1.29, 1.82) is 0 Å². The first-order chi connectivity index (χ1) is 12.7. The van der Waals surface area contributed by atoms with E-state index in [1.807, 2.05) is 36.5 Å². The van der Waals surface area contributed by atoms with Gasteiger partial charge in [0.15, 0.2) is 0 Å². The quantitative estimate of drug-likeness (QED) is 0.607. The monoisotopic (exact) mass is 354 g/mol. The van der Waals surface area contributed by atoms with Crippen molar-refractivity contribution in [2.45, 2.75) is 19.4 Å². The van der Waals surface area contributed by atoms with Gasteiger partial charge in [-0.3, -0.25) is 4.79 Å². The molecule has 0 aliphatic rings. The van der Waals surface area contributed by atoms with E-state index in [1.165, 1.54) is 13.2 Å². The van der Waals surface area contributed by atoms with Gasteiger partial charge >= 0.3 is 11.9 Å². The van der Waals surface area contributed by atoms with Crippen LogP contribution in [0.25, 0.3) is 5.69 Å². The minimum absolute atomic E-state index is 0.0287. The molecule has 0 radical (unpaired) electrons. The van der Waals surface area contributed by atoms with Crippen LogP contribution in [0.4, 0.5) is 0 Å². The van der Waals surface area contributed by atoms with Gasteiger partial charge in [0.25, 0.3) is 0 Å². The minimum Gasteiger partial charge on any atom is -0.463 e. The fourth-order valence-corrected chi connectivity index (χ4v) is 2.35. The number of benzene rings is 1. The lowest BCUT2D eigenvalue weighted by atomic mass is 10.2. The number of hydrogen-bond acceptors (Lipinski definition) is 6. The summed E-state index contributed by atoms with van der Waals surface area (Å²) in [6, 6.07) is 12.8. The van der Waals surface area contributed by atoms with Crippen molar-refractivity contribution in [3.8, 4) is 5.69 Å². The van der Waals surface area contributed by atoms with Gasteiger partial charge < -0.3 is 13.9 Å². The van der Waals surface area contributed by atoms with Crippen molar-refractivity contribution in [3.63, 3.8) is 0 Å². The molecular weight excluding hydrogens is 336 g/mol. The molecular formula is C19H18N2O5. The minimum atomic E-state index is -0.571. The van der Waals surface area contributed by atoms with Gasteiger partial charge in [0.05, 0.1) is 19.0 Å². The summed E-state index contributed by atoms with van der Waals surface area (Å²) in [6.07, 6.45) is 4.37. The molecule has 3 rings (SSSR count). The highest BCUT2D eigenvalue weighted by Crippen LogP contribution is 2.12. The van der Waals surface area contributed by atoms with Gasteiger partial charge in [-0.15, -0.1) is 0 Å². The van der Waals surface area contributed by atoms with Gasteiger partial charge in [0, 0.05) is 12.6 Å². The number of aromatic nitrogens is 2. The summed E-state index contributed by atoms with van der Waals surface area (Å²) in [7, 11) is 1.27. The number of hydrogen-bond donors (Lipinski definition) is 0. The van der Waals surface area contributed by atoms with Crippen molar-refractivity contribution >= 4 is 11.9 Å². The highest BCUT2D eigenvalue weighted by molar-refractivity contribution is 5.86. The summed E-state index contributed by atoms with van der Waals surface area (Å²) in [5, 5.41) is 4.29. The van der Waals surface area contributed by atoms with E-state index in [1.54, 1.807) is 16.9 Å². The van der Waals surface area contributed by atoms with E-state index in [0.717, 1.165) is 11.3 Å². The van der Waals surface area contributed by atoms with E-state index in [2.05, 4.69) is 9.84 Å². The molecule has 7 heteroatoms. The molecule has 3 aromatic rings. The second kappa shape index (κ2) is 8.15. The maximum Gasteiger partial charge on any atom is 0.373 e. The standard InChI is InChI=1S/C19H18N2O5/c1-24-19(23)17-9-8-16(26-17)13-25-18(22)10-7-14-11-20-21(12-14)15-5-3-2-4-6-15/h2-6,8-9,11-12H,7,10,13H2,1H3. The summed E-state index contributed by atoms with van der Waals surface area (Å²) in [4.78, 5) is 23.2. The van der Waals surface area contributed by atoms with Crippen LogP contribution in [0.1, 0.15) is 28.3 Å². The Hall–Kier alpha value is -3.35. The molecule has 2 heterocycles. The van der Waals surface area contributed by atoms with E-state index in [-0.39, 0.29) is 24.8 Å². The van der Waals surface area contributed by atoms with Gasteiger partial charge in [-0.2, -0.15) is 5.10 Å². The Labute approximate surface area is 150 Å². The number of carbonyl (C=O) groups is 2. The number of nitrogens with zero attached hydrogens (tertiary/aromatic N) is 2. The third kappa shape index (κ3) is 4.38. The number of carbonyl (C=O) groups excluding carboxylic acids is 2. The molecule has 0 amide bonds. The molecule has 1 aromatic carbocycles. The zero-order valence-electron chi connectivity index (χ0n) is 14.3. The molecule has 134 valence electrons. The Kier molecular flexibility index (Phi) is 5.48. The van der Waals surface area contributed by atoms with E-state index in [0.29, 0.717) is 12.2 Å². The van der Waals surface area contributed by atoms with Crippen molar-refractivity contribution in [2.24, 2.45) is 0 Å². The topological polar surface area (TPSA) is 83.6 Å². The summed E-state index contributed by atoms with van der Waals surface area (Å²) in [6.45, 7) is -0.0287. The van der Waals surface area contributed by atoms with Crippen LogP contribution in [0.5, 0.6) is 0 Å². The smallest absolute Gasteiger partial charge is 0.373 e. The van der Waals surface area contributed by atoms with Gasteiger partial charge in [0.2, 0.25) is 5.76 Å². The fraction of sp³-hybridized carbons (Fsp3) is 0.211. The fourth-order valence-electron chi connectivity index (χ4n) is 2.35. The first kappa shape index (κ1) is 17.5. The first-order valence-electron chi connectivity index (χ1n) is 8.07. The Morgan fingerprint density at radius 2 is 1.96 bits per heavy atom. The molecule has 0 saturated carbocycles. The van der Waals surface area contributed by atoms with Crippen LogP contribution in [0, 0.1) is 0 Å². The molecule has 2 aromatic heterocycles. The Balaban J connectivity index is 1.46. The molecule has 0 spiro atoms. The predicted molar refractivity (Wildman–Crippen MR) is 91.7 cm³/mol. The van der Waals surface area contributed by atoms with E-state index >= 15 is 0 Å². The largest absolute Gasteiger partial charge is 0.463 e. The number of aryl methyl sites for hydroxylation is 1. The van der Waals surface area contributed by atoms with Gasteiger partial charge in [-0.05, 0) is 36.2 Å². The summed E-state index contributed by atoms with van der Waals surface area (Å²) in [5.41, 5.74) is 1.90. The van der Waals surface area contributed by atoms with Crippen molar-refractivity contribution < 1.29 is 23.5 Å². The van der Waals surface area contributed by atoms with Gasteiger partial charge in [0.1, 0.15) is 12.4 Å². The van der Waals surface area contributed by atoms with Crippen LogP contribution < -0.4 is 0 Å². The van der Waals surface area contributed by atoms with E-state index in [4.69, 9.17) is 9.15 Å². The molecule has 0 atom stereocenters. The zero-order chi connectivity index (χ0) is 18.4. The maximum absolute atomic E-state index is 11.9. The normalized spacial score (nSPS) is 10.5. The van der Waals surface area contributed by atoms with Crippen molar-refractivity contribution in [2.75, 3.05) is 7.11 Å². The van der Waals surface area contributed by atoms with Crippen LogP contribution in [0.2, 0.25) is 0 Å². The maximum atomic E-state index is 11.9. The number of esters is 2. The average Bonchev–Trinajstić information content (AvgIpc) is 3.34. The highest BCUT2D eigenvalue weighted by atomic mass is 16.5. The van der Waals surface area contributed by atoms with Crippen LogP contribution in [-0.4, -0.2) is 28.8 Å². The first-order valence-corrected chi connectivity index (χ1v) is 8.07.